The SMILES string of the molecule is COC[C@@H](Nc1cc(OC)ncn1)c1ccccn1. The largest absolute Gasteiger partial charge is 0.481 e. The number of rotatable bonds is 6. The molecule has 0 aliphatic carbocycles. The summed E-state index contributed by atoms with van der Waals surface area (Å²) < 4.78 is 10.3. The Morgan fingerprint density at radius 3 is 2.79 bits per heavy atom. The Hall–Kier alpha value is -2.21. The van der Waals surface area contributed by atoms with E-state index in [1.54, 1.807) is 26.5 Å². The van der Waals surface area contributed by atoms with Gasteiger partial charge < -0.3 is 14.8 Å². The maximum atomic E-state index is 5.21. The minimum Gasteiger partial charge on any atom is -0.481 e. The summed E-state index contributed by atoms with van der Waals surface area (Å²) >= 11 is 0. The van der Waals surface area contributed by atoms with E-state index in [1.807, 2.05) is 18.2 Å². The molecule has 2 rings (SSSR count). The third kappa shape index (κ3) is 3.62. The van der Waals surface area contributed by atoms with Crippen molar-refractivity contribution in [2.75, 3.05) is 26.1 Å². The first kappa shape index (κ1) is 13.2. The zero-order valence-electron chi connectivity index (χ0n) is 10.9. The molecule has 0 bridgehead atoms. The number of nitrogens with one attached hydrogen (secondary N) is 1. The Labute approximate surface area is 111 Å². The predicted octanol–water partition coefficient (Wildman–Crippen LogP) is 1.68. The highest BCUT2D eigenvalue weighted by Crippen LogP contribution is 2.18. The summed E-state index contributed by atoms with van der Waals surface area (Å²) in [5.74, 6) is 1.18. The first-order chi connectivity index (χ1) is 9.33. The fraction of sp³-hybridized carbons (Fsp3) is 0.308. The van der Waals surface area contributed by atoms with Crippen LogP contribution in [0.15, 0.2) is 36.8 Å². The van der Waals surface area contributed by atoms with Gasteiger partial charge in [-0.15, -0.1) is 0 Å². The first-order valence-corrected chi connectivity index (χ1v) is 5.86. The van der Waals surface area contributed by atoms with Crippen LogP contribution in [0.3, 0.4) is 0 Å². The number of anilines is 1. The minimum atomic E-state index is -0.0780. The summed E-state index contributed by atoms with van der Waals surface area (Å²) in [7, 11) is 3.22. The fourth-order valence-corrected chi connectivity index (χ4v) is 1.66. The molecule has 2 aromatic heterocycles. The molecule has 0 aromatic carbocycles. The zero-order valence-corrected chi connectivity index (χ0v) is 10.9. The van der Waals surface area contributed by atoms with Gasteiger partial charge >= 0.3 is 0 Å². The number of nitrogens with zero attached hydrogens (tertiary/aromatic N) is 3. The lowest BCUT2D eigenvalue weighted by Gasteiger charge is -2.17. The topological polar surface area (TPSA) is 69.2 Å². The van der Waals surface area contributed by atoms with Crippen LogP contribution in [0, 0.1) is 0 Å². The maximum Gasteiger partial charge on any atom is 0.218 e. The molecule has 0 spiro atoms. The van der Waals surface area contributed by atoms with Gasteiger partial charge in [0.1, 0.15) is 12.1 Å². The average molecular weight is 260 g/mol. The van der Waals surface area contributed by atoms with E-state index in [4.69, 9.17) is 9.47 Å². The first-order valence-electron chi connectivity index (χ1n) is 5.86. The lowest BCUT2D eigenvalue weighted by molar-refractivity contribution is 0.185. The number of hydrogen-bond acceptors (Lipinski definition) is 6. The number of hydrogen-bond donors (Lipinski definition) is 1. The molecule has 2 aromatic rings. The predicted molar refractivity (Wildman–Crippen MR) is 71.1 cm³/mol. The summed E-state index contributed by atoms with van der Waals surface area (Å²) in [4.78, 5) is 12.4. The molecule has 6 nitrogen and oxygen atoms in total. The lowest BCUT2D eigenvalue weighted by atomic mass is 10.2. The van der Waals surface area contributed by atoms with Crippen molar-refractivity contribution in [1.82, 2.24) is 15.0 Å². The van der Waals surface area contributed by atoms with Crippen molar-refractivity contribution in [3.63, 3.8) is 0 Å². The van der Waals surface area contributed by atoms with Gasteiger partial charge in [0, 0.05) is 19.4 Å². The monoisotopic (exact) mass is 260 g/mol. The van der Waals surface area contributed by atoms with E-state index in [9.17, 15) is 0 Å². The zero-order chi connectivity index (χ0) is 13.5. The Kier molecular flexibility index (Phi) is 4.63. The summed E-state index contributed by atoms with van der Waals surface area (Å²) in [6.07, 6.45) is 3.20. The Balaban J connectivity index is 2.16. The second-order valence-corrected chi connectivity index (χ2v) is 3.85. The molecule has 0 saturated heterocycles. The van der Waals surface area contributed by atoms with E-state index in [1.165, 1.54) is 6.33 Å². The van der Waals surface area contributed by atoms with Crippen molar-refractivity contribution >= 4 is 5.82 Å². The molecule has 1 N–H and O–H groups in total. The van der Waals surface area contributed by atoms with E-state index in [-0.39, 0.29) is 6.04 Å². The highest BCUT2D eigenvalue weighted by Gasteiger charge is 2.13. The molecule has 6 heteroatoms. The van der Waals surface area contributed by atoms with Crippen LogP contribution in [-0.4, -0.2) is 35.8 Å². The normalized spacial score (nSPS) is 11.9. The van der Waals surface area contributed by atoms with Gasteiger partial charge in [0.15, 0.2) is 0 Å². The highest BCUT2D eigenvalue weighted by atomic mass is 16.5. The van der Waals surface area contributed by atoms with Crippen LogP contribution in [0.25, 0.3) is 0 Å². The van der Waals surface area contributed by atoms with Gasteiger partial charge in [0.05, 0.1) is 25.5 Å². The molecule has 19 heavy (non-hydrogen) atoms. The standard InChI is InChI=1S/C13H16N4O2/c1-18-8-11(10-5-3-4-6-14-10)17-12-7-13(19-2)16-9-15-12/h3-7,9,11H,8H2,1-2H3,(H,15,16,17)/t11-/m1/s1. The second-order valence-electron chi connectivity index (χ2n) is 3.85. The molecule has 0 aliphatic rings. The molecular weight excluding hydrogens is 244 g/mol. The summed E-state index contributed by atoms with van der Waals surface area (Å²) in [6.45, 7) is 0.489. The summed E-state index contributed by atoms with van der Waals surface area (Å²) in [6, 6.07) is 7.40. The molecular formula is C13H16N4O2. The summed E-state index contributed by atoms with van der Waals surface area (Å²) in [5.41, 5.74) is 0.891. The summed E-state index contributed by atoms with van der Waals surface area (Å²) in [5, 5.41) is 3.25. The van der Waals surface area contributed by atoms with E-state index in [0.29, 0.717) is 18.3 Å². The van der Waals surface area contributed by atoms with Gasteiger partial charge in [0.25, 0.3) is 0 Å². The number of aromatic nitrogens is 3. The van der Waals surface area contributed by atoms with Gasteiger partial charge in [-0.3, -0.25) is 4.98 Å². The third-order valence-corrected chi connectivity index (χ3v) is 2.55. The van der Waals surface area contributed by atoms with Crippen molar-refractivity contribution in [1.29, 1.82) is 0 Å². The van der Waals surface area contributed by atoms with Gasteiger partial charge in [-0.1, -0.05) is 6.07 Å². The minimum absolute atomic E-state index is 0.0780. The van der Waals surface area contributed by atoms with Gasteiger partial charge in [-0.05, 0) is 12.1 Å². The van der Waals surface area contributed by atoms with Crippen LogP contribution >= 0.6 is 0 Å². The number of pyridine rings is 1. The van der Waals surface area contributed by atoms with Crippen LogP contribution in [0.4, 0.5) is 5.82 Å². The Bertz CT molecular complexity index is 507. The highest BCUT2D eigenvalue weighted by molar-refractivity contribution is 5.39. The maximum absolute atomic E-state index is 5.21. The molecule has 0 aliphatic heterocycles. The molecule has 0 amide bonds. The van der Waals surface area contributed by atoms with E-state index >= 15 is 0 Å². The molecule has 2 heterocycles. The van der Waals surface area contributed by atoms with Crippen molar-refractivity contribution in [2.24, 2.45) is 0 Å². The average Bonchev–Trinajstić information content (AvgIpc) is 2.48. The fourth-order valence-electron chi connectivity index (χ4n) is 1.66. The van der Waals surface area contributed by atoms with Crippen LogP contribution in [0.5, 0.6) is 5.88 Å². The molecule has 0 fully saturated rings. The molecule has 0 unspecified atom stereocenters. The van der Waals surface area contributed by atoms with Crippen molar-refractivity contribution in [2.45, 2.75) is 6.04 Å². The molecule has 0 saturated carbocycles. The quantitative estimate of drug-likeness (QED) is 0.852. The molecule has 1 atom stereocenters. The third-order valence-electron chi connectivity index (χ3n) is 2.55. The molecule has 100 valence electrons. The Morgan fingerprint density at radius 2 is 2.11 bits per heavy atom. The van der Waals surface area contributed by atoms with Crippen LogP contribution < -0.4 is 10.1 Å². The smallest absolute Gasteiger partial charge is 0.218 e. The lowest BCUT2D eigenvalue weighted by Crippen LogP contribution is -2.18. The Morgan fingerprint density at radius 1 is 1.21 bits per heavy atom. The van der Waals surface area contributed by atoms with Gasteiger partial charge in [-0.25, -0.2) is 9.97 Å². The van der Waals surface area contributed by atoms with Crippen LogP contribution in [0.2, 0.25) is 0 Å². The van der Waals surface area contributed by atoms with Crippen molar-refractivity contribution < 1.29 is 9.47 Å². The van der Waals surface area contributed by atoms with Crippen molar-refractivity contribution in [3.05, 3.63) is 42.5 Å². The molecule has 0 radical (unpaired) electrons. The van der Waals surface area contributed by atoms with E-state index in [2.05, 4.69) is 20.3 Å². The van der Waals surface area contributed by atoms with Crippen molar-refractivity contribution in [3.8, 4) is 5.88 Å². The second kappa shape index (κ2) is 6.65. The van der Waals surface area contributed by atoms with E-state index < -0.39 is 0 Å². The van der Waals surface area contributed by atoms with Gasteiger partial charge in [0.2, 0.25) is 5.88 Å². The van der Waals surface area contributed by atoms with Gasteiger partial charge in [-0.2, -0.15) is 0 Å². The van der Waals surface area contributed by atoms with Crippen LogP contribution in [-0.2, 0) is 4.74 Å². The number of ether oxygens (including phenoxy) is 2. The van der Waals surface area contributed by atoms with Crippen LogP contribution in [0.1, 0.15) is 11.7 Å². The number of methoxy groups -OCH3 is 2. The van der Waals surface area contributed by atoms with E-state index in [0.717, 1.165) is 5.69 Å².